The lowest BCUT2D eigenvalue weighted by Crippen LogP contribution is -2.03. The van der Waals surface area contributed by atoms with Gasteiger partial charge in [0.1, 0.15) is 37.0 Å². The van der Waals surface area contributed by atoms with Crippen molar-refractivity contribution in [3.05, 3.63) is 37.2 Å². The van der Waals surface area contributed by atoms with Gasteiger partial charge in [-0.1, -0.05) is 0 Å². The third-order valence-electron chi connectivity index (χ3n) is 4.31. The van der Waals surface area contributed by atoms with E-state index in [1.807, 2.05) is 40.1 Å². The van der Waals surface area contributed by atoms with Crippen molar-refractivity contribution < 1.29 is 18.0 Å². The molecule has 4 aromatic rings. The summed E-state index contributed by atoms with van der Waals surface area (Å²) in [7, 11) is 3.95. The van der Waals surface area contributed by atoms with Crippen LogP contribution in [0.15, 0.2) is 46.0 Å². The average Bonchev–Trinajstić information content (AvgIpc) is 3.31. The first-order chi connectivity index (χ1) is 11.7. The summed E-state index contributed by atoms with van der Waals surface area (Å²) in [6.07, 6.45) is 12.6. The third-order valence-corrected chi connectivity index (χ3v) is 4.31. The van der Waals surface area contributed by atoms with Crippen molar-refractivity contribution in [1.29, 1.82) is 0 Å². The van der Waals surface area contributed by atoms with Crippen LogP contribution in [-0.4, -0.2) is 44.8 Å². The molecule has 0 unspecified atom stereocenters. The molecular weight excluding hydrogens is 304 g/mol. The average molecular weight is 319 g/mol. The van der Waals surface area contributed by atoms with Gasteiger partial charge in [0.25, 0.3) is 0 Å². The van der Waals surface area contributed by atoms with Gasteiger partial charge < -0.3 is 13.4 Å². The first kappa shape index (κ1) is 13.3. The summed E-state index contributed by atoms with van der Waals surface area (Å²) in [5.41, 5.74) is 4.44. The van der Waals surface area contributed by atoms with Gasteiger partial charge in [0.2, 0.25) is 0 Å². The Hall–Kier alpha value is -3.15. The maximum atomic E-state index is 5.72. The van der Waals surface area contributed by atoms with E-state index in [9.17, 15) is 0 Å². The smallest absolute Gasteiger partial charge is 0.425 e. The predicted molar refractivity (Wildman–Crippen MR) is 90.2 cm³/mol. The maximum Gasteiger partial charge on any atom is 0.425 e. The van der Waals surface area contributed by atoms with Gasteiger partial charge in [0.05, 0.1) is 12.0 Å². The Kier molecular flexibility index (Phi) is 2.59. The number of fused-ring (bicyclic) bond motifs is 2. The number of furan rings is 2. The maximum absolute atomic E-state index is 5.72. The Balaban J connectivity index is 1.75. The Bertz CT molecular complexity index is 1160. The monoisotopic (exact) mass is 319 g/mol. The fourth-order valence-electron chi connectivity index (χ4n) is 3.09. The number of rotatable bonds is 2. The first-order valence-corrected chi connectivity index (χ1v) is 7.70. The van der Waals surface area contributed by atoms with Gasteiger partial charge in [-0.05, 0) is 6.07 Å². The van der Waals surface area contributed by atoms with Crippen molar-refractivity contribution in [2.75, 3.05) is 13.6 Å². The van der Waals surface area contributed by atoms with Crippen LogP contribution in [0.25, 0.3) is 33.2 Å². The van der Waals surface area contributed by atoms with Crippen LogP contribution in [0.5, 0.6) is 0 Å². The lowest BCUT2D eigenvalue weighted by molar-refractivity contribution is -0.495. The second-order valence-electron chi connectivity index (χ2n) is 6.07. The van der Waals surface area contributed by atoms with Gasteiger partial charge >= 0.3 is 6.34 Å². The molecule has 0 atom stereocenters. The zero-order chi connectivity index (χ0) is 16.3. The lowest BCUT2D eigenvalue weighted by Gasteiger charge is -1.97. The summed E-state index contributed by atoms with van der Waals surface area (Å²) in [6, 6.07) is 4.03. The molecule has 4 heterocycles. The van der Waals surface area contributed by atoms with Crippen LogP contribution in [-0.2, 0) is 7.05 Å². The minimum absolute atomic E-state index is 0.791. The standard InChI is InChI=1S/C18H15N4O2/c1-20-3-4-22(11-20)16-9-24-18-6-17-12(5-13(16)18)14(8-23-17)15-7-21(2)10-19-15/h4-10H,3H2,1-2H3/q+1. The van der Waals surface area contributed by atoms with Gasteiger partial charge in [-0.3, -0.25) is 4.58 Å². The van der Waals surface area contributed by atoms with Gasteiger partial charge in [-0.2, -0.15) is 0 Å². The van der Waals surface area contributed by atoms with Gasteiger partial charge in [0, 0.05) is 35.6 Å². The minimum atomic E-state index is 0.791. The predicted octanol–water partition coefficient (Wildman–Crippen LogP) is 2.86. The molecule has 0 bridgehead atoms. The number of aromatic nitrogens is 2. The van der Waals surface area contributed by atoms with Crippen molar-refractivity contribution in [2.45, 2.75) is 0 Å². The van der Waals surface area contributed by atoms with E-state index >= 15 is 0 Å². The molecule has 0 saturated carbocycles. The molecule has 3 aromatic heterocycles. The molecule has 6 heteroatoms. The van der Waals surface area contributed by atoms with E-state index in [2.05, 4.69) is 23.6 Å². The fraction of sp³-hybridized carbons (Fsp3) is 0.167. The molecular formula is C18H15N4O2+. The molecule has 6 nitrogen and oxygen atoms in total. The molecule has 1 aliphatic heterocycles. The second kappa shape index (κ2) is 4.67. The molecule has 0 amide bonds. The zero-order valence-corrected chi connectivity index (χ0v) is 13.4. The largest absolute Gasteiger partial charge is 0.471 e. The fourth-order valence-corrected chi connectivity index (χ4v) is 3.09. The highest BCUT2D eigenvalue weighted by atomic mass is 16.3. The highest BCUT2D eigenvalue weighted by Gasteiger charge is 2.19. The number of hydrogen-bond donors (Lipinski definition) is 0. The lowest BCUT2D eigenvalue weighted by atomic mass is 10.1. The number of aryl methyl sites for hydroxylation is 1. The van der Waals surface area contributed by atoms with Crippen LogP contribution < -0.4 is 0 Å². The summed E-state index contributed by atoms with van der Waals surface area (Å²) < 4.78 is 17.3. The van der Waals surface area contributed by atoms with Crippen molar-refractivity contribution in [3.8, 4) is 11.3 Å². The second-order valence-corrected chi connectivity index (χ2v) is 6.07. The molecule has 0 fully saturated rings. The van der Waals surface area contributed by atoms with Crippen molar-refractivity contribution in [2.24, 2.45) is 7.05 Å². The molecule has 0 N–H and O–H groups in total. The SMILES string of the molecule is Cn1cnc(-c2coc3cc4occ([N+]5=CC[N+](C)=[C-]5)c4cc23)c1. The van der Waals surface area contributed by atoms with Crippen LogP contribution in [0.3, 0.4) is 0 Å². The molecule has 0 radical (unpaired) electrons. The van der Waals surface area contributed by atoms with Crippen LogP contribution in [0, 0.1) is 0 Å². The first-order valence-electron chi connectivity index (χ1n) is 7.70. The van der Waals surface area contributed by atoms with Gasteiger partial charge in [0.15, 0.2) is 12.2 Å². The Labute approximate surface area is 137 Å². The van der Waals surface area contributed by atoms with Crippen LogP contribution >= 0.6 is 0 Å². The van der Waals surface area contributed by atoms with E-state index in [1.165, 1.54) is 0 Å². The van der Waals surface area contributed by atoms with Crippen LogP contribution in [0.4, 0.5) is 5.69 Å². The topological polar surface area (TPSA) is 50.1 Å². The van der Waals surface area contributed by atoms with Crippen LogP contribution in [0.1, 0.15) is 0 Å². The third kappa shape index (κ3) is 1.86. The molecule has 1 aromatic carbocycles. The molecule has 118 valence electrons. The number of nitrogens with zero attached hydrogens (tertiary/aromatic N) is 4. The van der Waals surface area contributed by atoms with E-state index in [1.54, 1.807) is 18.9 Å². The van der Waals surface area contributed by atoms with Crippen molar-refractivity contribution in [1.82, 2.24) is 9.55 Å². The molecule has 0 spiro atoms. The molecule has 24 heavy (non-hydrogen) atoms. The van der Waals surface area contributed by atoms with E-state index in [-0.39, 0.29) is 0 Å². The van der Waals surface area contributed by atoms with E-state index in [0.29, 0.717) is 0 Å². The molecule has 0 aliphatic carbocycles. The van der Waals surface area contributed by atoms with E-state index in [4.69, 9.17) is 8.83 Å². The van der Waals surface area contributed by atoms with Crippen molar-refractivity contribution in [3.63, 3.8) is 0 Å². The highest BCUT2D eigenvalue weighted by Crippen LogP contribution is 2.36. The van der Waals surface area contributed by atoms with E-state index in [0.717, 1.165) is 45.4 Å². The normalized spacial score (nSPS) is 14.6. The van der Waals surface area contributed by atoms with Crippen LogP contribution in [0.2, 0.25) is 0 Å². The van der Waals surface area contributed by atoms with Gasteiger partial charge in [-0.15, -0.1) is 0 Å². The Morgan fingerprint density at radius 1 is 1.17 bits per heavy atom. The van der Waals surface area contributed by atoms with E-state index < -0.39 is 0 Å². The van der Waals surface area contributed by atoms with Crippen molar-refractivity contribution >= 4 is 40.2 Å². The molecule has 0 saturated heterocycles. The number of hydrogen-bond acceptors (Lipinski definition) is 3. The number of imidazole rings is 1. The highest BCUT2D eigenvalue weighted by molar-refractivity contribution is 6.04. The minimum Gasteiger partial charge on any atom is -0.471 e. The molecule has 1 aliphatic rings. The molecule has 5 rings (SSSR count). The van der Waals surface area contributed by atoms with Gasteiger partial charge in [-0.25, -0.2) is 9.56 Å². The quantitative estimate of drug-likeness (QED) is 0.422. The Morgan fingerprint density at radius 2 is 2.00 bits per heavy atom. The summed E-state index contributed by atoms with van der Waals surface area (Å²) >= 11 is 0. The summed E-state index contributed by atoms with van der Waals surface area (Å²) in [5.74, 6) is 0. The summed E-state index contributed by atoms with van der Waals surface area (Å²) in [4.78, 5) is 4.43. The Morgan fingerprint density at radius 3 is 2.75 bits per heavy atom. The summed E-state index contributed by atoms with van der Waals surface area (Å²) in [6.45, 7) is 0.833. The number of benzene rings is 1. The zero-order valence-electron chi connectivity index (χ0n) is 13.4. The summed E-state index contributed by atoms with van der Waals surface area (Å²) in [5, 5.41) is 2.05.